The van der Waals surface area contributed by atoms with E-state index in [9.17, 15) is 0 Å². The highest BCUT2D eigenvalue weighted by molar-refractivity contribution is 6.35. The van der Waals surface area contributed by atoms with E-state index in [0.29, 0.717) is 21.1 Å². The van der Waals surface area contributed by atoms with Crippen molar-refractivity contribution >= 4 is 40.5 Å². The van der Waals surface area contributed by atoms with Crippen molar-refractivity contribution < 1.29 is 0 Å². The first kappa shape index (κ1) is 20.5. The van der Waals surface area contributed by atoms with Crippen molar-refractivity contribution in [3.05, 3.63) is 68.4 Å². The molecule has 0 aliphatic heterocycles. The van der Waals surface area contributed by atoms with Crippen molar-refractivity contribution in [1.82, 2.24) is 20.2 Å². The fourth-order valence-corrected chi connectivity index (χ4v) is 4.54. The van der Waals surface area contributed by atoms with Crippen LogP contribution < -0.4 is 5.32 Å². The summed E-state index contributed by atoms with van der Waals surface area (Å²) < 4.78 is 1.96. The number of hydrogen-bond donors (Lipinski definition) is 1. The molecule has 0 radical (unpaired) electrons. The fraction of sp³-hybridized carbons (Fsp3) is 0.381. The standard InChI is InChI=1S/C21H22Cl3N5/c1-13-7-9-15(12-18(13)23)25-20(17-10-8-14(22)11-19(17)24)21-26-27-28-29(21)16-5-3-2-4-6-16/h7-12,16,20,25H,2-6H2,1H3/t20-/m1/s1. The van der Waals surface area contributed by atoms with Gasteiger partial charge in [0.1, 0.15) is 6.04 Å². The van der Waals surface area contributed by atoms with Gasteiger partial charge < -0.3 is 5.32 Å². The van der Waals surface area contributed by atoms with Crippen LogP contribution in [0, 0.1) is 6.92 Å². The molecule has 3 aromatic rings. The molecule has 1 atom stereocenters. The first-order valence-electron chi connectivity index (χ1n) is 9.78. The summed E-state index contributed by atoms with van der Waals surface area (Å²) in [5.41, 5.74) is 2.75. The van der Waals surface area contributed by atoms with Crippen LogP contribution >= 0.6 is 34.8 Å². The third-order valence-corrected chi connectivity index (χ3v) is 6.42. The van der Waals surface area contributed by atoms with E-state index in [4.69, 9.17) is 34.8 Å². The molecule has 1 saturated carbocycles. The number of anilines is 1. The van der Waals surface area contributed by atoms with Gasteiger partial charge in [-0.3, -0.25) is 0 Å². The molecule has 0 bridgehead atoms. The summed E-state index contributed by atoms with van der Waals surface area (Å²) in [4.78, 5) is 0. The number of nitrogens with zero attached hydrogens (tertiary/aromatic N) is 4. The summed E-state index contributed by atoms with van der Waals surface area (Å²) >= 11 is 19.0. The molecule has 0 unspecified atom stereocenters. The monoisotopic (exact) mass is 449 g/mol. The highest BCUT2D eigenvalue weighted by atomic mass is 35.5. The molecule has 1 N–H and O–H groups in total. The summed E-state index contributed by atoms with van der Waals surface area (Å²) in [7, 11) is 0. The fourth-order valence-electron chi connectivity index (χ4n) is 3.84. The largest absolute Gasteiger partial charge is 0.371 e. The van der Waals surface area contributed by atoms with E-state index in [1.165, 1.54) is 19.3 Å². The molecule has 1 aliphatic carbocycles. The highest BCUT2D eigenvalue weighted by Gasteiger charge is 2.28. The Bertz CT molecular complexity index is 998. The van der Waals surface area contributed by atoms with Crippen LogP contribution in [0.4, 0.5) is 5.69 Å². The van der Waals surface area contributed by atoms with Gasteiger partial charge in [-0.25, -0.2) is 4.68 Å². The molecular weight excluding hydrogens is 429 g/mol. The number of halogens is 3. The average Bonchev–Trinajstić information content (AvgIpc) is 3.20. The third kappa shape index (κ3) is 4.52. The van der Waals surface area contributed by atoms with E-state index < -0.39 is 0 Å². The maximum Gasteiger partial charge on any atom is 0.178 e. The van der Waals surface area contributed by atoms with Gasteiger partial charge in [-0.1, -0.05) is 66.2 Å². The van der Waals surface area contributed by atoms with Crippen molar-refractivity contribution in [3.8, 4) is 0 Å². The zero-order valence-electron chi connectivity index (χ0n) is 16.1. The molecule has 29 heavy (non-hydrogen) atoms. The lowest BCUT2D eigenvalue weighted by Crippen LogP contribution is -2.23. The van der Waals surface area contributed by atoms with Crippen LogP contribution in [0.3, 0.4) is 0 Å². The molecule has 1 aromatic heterocycles. The minimum atomic E-state index is -0.338. The first-order valence-corrected chi connectivity index (χ1v) is 10.9. The Labute approximate surface area is 185 Å². The molecule has 4 rings (SSSR count). The second-order valence-electron chi connectivity index (χ2n) is 7.48. The predicted molar refractivity (Wildman–Crippen MR) is 118 cm³/mol. The summed E-state index contributed by atoms with van der Waals surface area (Å²) in [6, 6.07) is 11.3. The number of rotatable bonds is 5. The van der Waals surface area contributed by atoms with E-state index in [-0.39, 0.29) is 6.04 Å². The molecular formula is C21H22Cl3N5. The minimum absolute atomic E-state index is 0.297. The van der Waals surface area contributed by atoms with Gasteiger partial charge in [0.05, 0.1) is 6.04 Å². The Kier molecular flexibility index (Phi) is 6.28. The lowest BCUT2D eigenvalue weighted by Gasteiger charge is -2.26. The van der Waals surface area contributed by atoms with Crippen LogP contribution in [0.5, 0.6) is 0 Å². The normalized spacial score (nSPS) is 16.0. The number of tetrazole rings is 1. The quantitative estimate of drug-likeness (QED) is 0.473. The molecule has 152 valence electrons. The van der Waals surface area contributed by atoms with Gasteiger partial charge in [-0.15, -0.1) is 5.10 Å². The molecule has 0 spiro atoms. The average molecular weight is 451 g/mol. The van der Waals surface area contributed by atoms with E-state index in [2.05, 4.69) is 20.8 Å². The Morgan fingerprint density at radius 3 is 2.52 bits per heavy atom. The van der Waals surface area contributed by atoms with Gasteiger partial charge in [0.25, 0.3) is 0 Å². The van der Waals surface area contributed by atoms with Gasteiger partial charge in [0.15, 0.2) is 5.82 Å². The van der Waals surface area contributed by atoms with E-state index in [1.807, 2.05) is 41.9 Å². The second-order valence-corrected chi connectivity index (χ2v) is 8.73. The lowest BCUT2D eigenvalue weighted by molar-refractivity contribution is 0.315. The summed E-state index contributed by atoms with van der Waals surface area (Å²) in [5.74, 6) is 0.734. The molecule has 0 amide bonds. The second kappa shape index (κ2) is 8.90. The number of benzene rings is 2. The number of aryl methyl sites for hydroxylation is 1. The van der Waals surface area contributed by atoms with Gasteiger partial charge in [0.2, 0.25) is 0 Å². The predicted octanol–water partition coefficient (Wildman–Crippen LogP) is 6.65. The lowest BCUT2D eigenvalue weighted by atomic mass is 9.95. The molecule has 0 saturated heterocycles. The van der Waals surface area contributed by atoms with E-state index in [0.717, 1.165) is 35.5 Å². The molecule has 1 aliphatic rings. The third-order valence-electron chi connectivity index (χ3n) is 5.45. The molecule has 2 aromatic carbocycles. The highest BCUT2D eigenvalue weighted by Crippen LogP contribution is 2.36. The maximum atomic E-state index is 6.57. The Morgan fingerprint density at radius 2 is 1.79 bits per heavy atom. The number of aromatic nitrogens is 4. The molecule has 1 heterocycles. The summed E-state index contributed by atoms with van der Waals surface area (Å²) in [5, 5.41) is 18.1. The molecule has 5 nitrogen and oxygen atoms in total. The van der Waals surface area contributed by atoms with Crippen LogP contribution in [-0.2, 0) is 0 Å². The molecule has 1 fully saturated rings. The van der Waals surface area contributed by atoms with Crippen molar-refractivity contribution in [2.75, 3.05) is 5.32 Å². The van der Waals surface area contributed by atoms with Gasteiger partial charge >= 0.3 is 0 Å². The number of hydrogen-bond acceptors (Lipinski definition) is 4. The Balaban J connectivity index is 1.76. The van der Waals surface area contributed by atoms with Crippen LogP contribution in [0.1, 0.15) is 61.1 Å². The van der Waals surface area contributed by atoms with E-state index in [1.54, 1.807) is 6.07 Å². The topological polar surface area (TPSA) is 55.6 Å². The van der Waals surface area contributed by atoms with Crippen molar-refractivity contribution in [2.45, 2.75) is 51.1 Å². The zero-order chi connectivity index (χ0) is 20.4. The van der Waals surface area contributed by atoms with Crippen molar-refractivity contribution in [1.29, 1.82) is 0 Å². The minimum Gasteiger partial charge on any atom is -0.371 e. The van der Waals surface area contributed by atoms with Crippen LogP contribution in [0.25, 0.3) is 0 Å². The van der Waals surface area contributed by atoms with Gasteiger partial charge in [-0.05, 0) is 60.0 Å². The molecule has 8 heteroatoms. The van der Waals surface area contributed by atoms with Crippen LogP contribution in [0.15, 0.2) is 36.4 Å². The smallest absolute Gasteiger partial charge is 0.178 e. The van der Waals surface area contributed by atoms with Gasteiger partial charge in [0, 0.05) is 26.3 Å². The zero-order valence-corrected chi connectivity index (χ0v) is 18.3. The van der Waals surface area contributed by atoms with Crippen LogP contribution in [-0.4, -0.2) is 20.2 Å². The Hall–Kier alpha value is -1.82. The SMILES string of the molecule is Cc1ccc(N[C@H](c2ccc(Cl)cc2Cl)c2nnnn2C2CCCCC2)cc1Cl. The van der Waals surface area contributed by atoms with Gasteiger partial charge in [-0.2, -0.15) is 0 Å². The Morgan fingerprint density at radius 1 is 1.00 bits per heavy atom. The summed E-state index contributed by atoms with van der Waals surface area (Å²) in [6.45, 7) is 1.98. The maximum absolute atomic E-state index is 6.57. The summed E-state index contributed by atoms with van der Waals surface area (Å²) in [6.07, 6.45) is 5.81. The first-order chi connectivity index (χ1) is 14.0. The van der Waals surface area contributed by atoms with Crippen molar-refractivity contribution in [2.24, 2.45) is 0 Å². The van der Waals surface area contributed by atoms with Crippen molar-refractivity contribution in [3.63, 3.8) is 0 Å². The van der Waals surface area contributed by atoms with E-state index >= 15 is 0 Å². The van der Waals surface area contributed by atoms with Crippen LogP contribution in [0.2, 0.25) is 15.1 Å². The number of nitrogens with one attached hydrogen (secondary N) is 1.